The topological polar surface area (TPSA) is 106 Å². The Morgan fingerprint density at radius 1 is 1.03 bits per heavy atom. The van der Waals surface area contributed by atoms with Crippen molar-refractivity contribution in [3.63, 3.8) is 0 Å². The molecule has 8 heteroatoms. The molecule has 0 bridgehead atoms. The maximum Gasteiger partial charge on any atom is 0.265 e. The second kappa shape index (κ2) is 8.85. The third-order valence-electron chi connectivity index (χ3n) is 6.06. The zero-order valence-corrected chi connectivity index (χ0v) is 19.8. The van der Waals surface area contributed by atoms with Crippen LogP contribution in [0.15, 0.2) is 95.2 Å². The molecule has 0 aliphatic carbocycles. The van der Waals surface area contributed by atoms with Gasteiger partial charge in [0.1, 0.15) is 22.3 Å². The van der Waals surface area contributed by atoms with E-state index in [2.05, 4.69) is 6.07 Å². The van der Waals surface area contributed by atoms with Crippen LogP contribution in [-0.2, 0) is 21.3 Å². The molecule has 7 nitrogen and oxygen atoms in total. The second-order valence-electron chi connectivity index (χ2n) is 8.10. The molecule has 0 saturated heterocycles. The molecular formula is C27H23N3O4S. The summed E-state index contributed by atoms with van der Waals surface area (Å²) in [5, 5.41) is 10.0. The summed E-state index contributed by atoms with van der Waals surface area (Å²) in [6.07, 6.45) is 0. The van der Waals surface area contributed by atoms with Gasteiger partial charge in [0.15, 0.2) is 5.76 Å². The fraction of sp³-hybridized carbons (Fsp3) is 0.148. The molecule has 0 aromatic heterocycles. The van der Waals surface area contributed by atoms with Crippen molar-refractivity contribution in [2.45, 2.75) is 19.4 Å². The number of rotatable bonds is 5. The lowest BCUT2D eigenvalue weighted by atomic mass is 9.87. The molecule has 35 heavy (non-hydrogen) atoms. The molecule has 0 spiro atoms. The number of hydrogen-bond donors (Lipinski definition) is 1. The van der Waals surface area contributed by atoms with Crippen LogP contribution in [0.5, 0.6) is 5.75 Å². The maximum atomic E-state index is 14.3. The van der Waals surface area contributed by atoms with Crippen LogP contribution in [0, 0.1) is 11.3 Å². The number of allylic oxidation sites excluding steroid dienone is 2. The number of nitrogens with zero attached hydrogens (tertiary/aromatic N) is 2. The molecule has 176 valence electrons. The van der Waals surface area contributed by atoms with E-state index >= 15 is 0 Å². The smallest absolute Gasteiger partial charge is 0.265 e. The third kappa shape index (κ3) is 3.70. The zero-order chi connectivity index (χ0) is 24.6. The first-order chi connectivity index (χ1) is 17.0. The van der Waals surface area contributed by atoms with Crippen LogP contribution in [-0.4, -0.2) is 15.0 Å². The Morgan fingerprint density at radius 2 is 1.71 bits per heavy atom. The van der Waals surface area contributed by atoms with Crippen molar-refractivity contribution in [2.75, 3.05) is 10.9 Å². The fourth-order valence-corrected chi connectivity index (χ4v) is 6.45. The highest BCUT2D eigenvalue weighted by atomic mass is 32.2. The predicted octanol–water partition coefficient (Wildman–Crippen LogP) is 4.61. The van der Waals surface area contributed by atoms with Gasteiger partial charge in [-0.05, 0) is 30.7 Å². The van der Waals surface area contributed by atoms with E-state index < -0.39 is 15.9 Å². The van der Waals surface area contributed by atoms with Gasteiger partial charge in [0.05, 0.1) is 24.8 Å². The van der Waals surface area contributed by atoms with Crippen molar-refractivity contribution >= 4 is 21.5 Å². The molecular weight excluding hydrogens is 462 g/mol. The molecule has 2 heterocycles. The van der Waals surface area contributed by atoms with Crippen molar-refractivity contribution in [1.82, 2.24) is 0 Å². The number of fused-ring (bicyclic) bond motifs is 2. The maximum absolute atomic E-state index is 14.3. The van der Waals surface area contributed by atoms with Crippen molar-refractivity contribution in [1.29, 1.82) is 5.26 Å². The molecule has 2 N–H and O–H groups in total. The summed E-state index contributed by atoms with van der Waals surface area (Å²) < 4.78 is 41.7. The Labute approximate surface area is 204 Å². The lowest BCUT2D eigenvalue weighted by Crippen LogP contribution is -2.39. The van der Waals surface area contributed by atoms with Gasteiger partial charge in [-0.1, -0.05) is 60.7 Å². The quantitative estimate of drug-likeness (QED) is 0.566. The molecule has 2 aliphatic heterocycles. The summed E-state index contributed by atoms with van der Waals surface area (Å²) in [4.78, 5) is -0.0231. The van der Waals surface area contributed by atoms with Crippen LogP contribution in [0.1, 0.15) is 29.5 Å². The summed E-state index contributed by atoms with van der Waals surface area (Å²) in [5.41, 5.74) is 8.67. The molecule has 0 amide bonds. The molecule has 0 radical (unpaired) electrons. The number of para-hydroxylation sites is 2. The summed E-state index contributed by atoms with van der Waals surface area (Å²) in [5.74, 6) is -0.483. The van der Waals surface area contributed by atoms with Gasteiger partial charge in [-0.25, -0.2) is 8.42 Å². The first-order valence-electron chi connectivity index (χ1n) is 11.2. The van der Waals surface area contributed by atoms with Crippen LogP contribution in [0.4, 0.5) is 5.69 Å². The number of benzene rings is 3. The highest BCUT2D eigenvalue weighted by molar-refractivity contribution is 7.96. The summed E-state index contributed by atoms with van der Waals surface area (Å²) in [7, 11) is -4.14. The standard InChI is InChI=1S/C27H23N3O4S/c1-2-33-23-15-9-7-13-20(23)24-21(16-28)27(29)34-25-19-12-6-8-14-22(19)30(35(31,32)26(24)25)17-18-10-4-3-5-11-18/h3-15,24H,2,17,29H2,1H3/t24-/m0/s1. The molecule has 3 aromatic carbocycles. The highest BCUT2D eigenvalue weighted by Gasteiger charge is 2.47. The van der Waals surface area contributed by atoms with Crippen molar-refractivity contribution in [3.05, 3.63) is 112 Å². The van der Waals surface area contributed by atoms with E-state index in [1.165, 1.54) is 4.31 Å². The zero-order valence-electron chi connectivity index (χ0n) is 19.0. The summed E-state index contributed by atoms with van der Waals surface area (Å²) in [6, 6.07) is 25.7. The normalized spacial score (nSPS) is 18.3. The molecule has 5 rings (SSSR count). The van der Waals surface area contributed by atoms with Crippen LogP contribution in [0.2, 0.25) is 0 Å². The fourth-order valence-electron chi connectivity index (χ4n) is 4.55. The molecule has 0 fully saturated rings. The van der Waals surface area contributed by atoms with Gasteiger partial charge in [-0.2, -0.15) is 5.26 Å². The van der Waals surface area contributed by atoms with E-state index in [0.717, 1.165) is 5.56 Å². The Bertz CT molecular complexity index is 1500. The SMILES string of the molecule is CCOc1ccccc1[C@H]1C(C#N)=C(N)OC2=C1S(=O)(=O)N(Cc1ccccc1)c1ccccc12. The minimum atomic E-state index is -4.14. The average molecular weight is 486 g/mol. The Kier molecular flexibility index (Phi) is 5.71. The number of nitriles is 1. The number of sulfonamides is 1. The van der Waals surface area contributed by atoms with E-state index in [-0.39, 0.29) is 28.7 Å². The Morgan fingerprint density at radius 3 is 2.46 bits per heavy atom. The first kappa shape index (κ1) is 22.6. The van der Waals surface area contributed by atoms with Crippen LogP contribution in [0.3, 0.4) is 0 Å². The minimum absolute atomic E-state index is 0.0231. The van der Waals surface area contributed by atoms with Gasteiger partial charge >= 0.3 is 0 Å². The first-order valence-corrected chi connectivity index (χ1v) is 12.6. The van der Waals surface area contributed by atoms with Crippen LogP contribution < -0.4 is 14.8 Å². The van der Waals surface area contributed by atoms with Crippen molar-refractivity contribution in [3.8, 4) is 11.8 Å². The summed E-state index contributed by atoms with van der Waals surface area (Å²) in [6.45, 7) is 2.34. The number of nitrogens with two attached hydrogens (primary N) is 1. The van der Waals surface area contributed by atoms with E-state index in [4.69, 9.17) is 15.2 Å². The van der Waals surface area contributed by atoms with Crippen molar-refractivity contribution < 1.29 is 17.9 Å². The van der Waals surface area contributed by atoms with Crippen LogP contribution >= 0.6 is 0 Å². The number of ether oxygens (including phenoxy) is 2. The van der Waals surface area contributed by atoms with Gasteiger partial charge < -0.3 is 15.2 Å². The predicted molar refractivity (Wildman–Crippen MR) is 133 cm³/mol. The van der Waals surface area contributed by atoms with Gasteiger partial charge in [0.25, 0.3) is 10.0 Å². The summed E-state index contributed by atoms with van der Waals surface area (Å²) >= 11 is 0. The van der Waals surface area contributed by atoms with Gasteiger partial charge in [-0.15, -0.1) is 0 Å². The highest BCUT2D eigenvalue weighted by Crippen LogP contribution is 2.52. The van der Waals surface area contributed by atoms with E-state index in [9.17, 15) is 13.7 Å². The van der Waals surface area contributed by atoms with Gasteiger partial charge in [0, 0.05) is 11.1 Å². The lowest BCUT2D eigenvalue weighted by Gasteiger charge is -2.38. The van der Waals surface area contributed by atoms with Crippen molar-refractivity contribution in [2.24, 2.45) is 5.73 Å². The molecule has 1 atom stereocenters. The molecule has 2 aliphatic rings. The minimum Gasteiger partial charge on any atom is -0.494 e. The monoisotopic (exact) mass is 485 g/mol. The molecule has 3 aromatic rings. The average Bonchev–Trinajstić information content (AvgIpc) is 2.87. The van der Waals surface area contributed by atoms with E-state index in [1.54, 1.807) is 42.5 Å². The van der Waals surface area contributed by atoms with Gasteiger partial charge in [-0.3, -0.25) is 4.31 Å². The third-order valence-corrected chi connectivity index (χ3v) is 7.94. The lowest BCUT2D eigenvalue weighted by molar-refractivity contribution is 0.333. The van der Waals surface area contributed by atoms with E-state index in [1.807, 2.05) is 43.3 Å². The Hall–Kier alpha value is -4.22. The molecule has 0 saturated carbocycles. The largest absolute Gasteiger partial charge is 0.494 e. The number of anilines is 1. The Balaban J connectivity index is 1.78. The van der Waals surface area contributed by atoms with E-state index in [0.29, 0.717) is 29.2 Å². The molecule has 0 unspecified atom stereocenters. The van der Waals surface area contributed by atoms with Gasteiger partial charge in [0.2, 0.25) is 5.88 Å². The second-order valence-corrected chi connectivity index (χ2v) is 9.93. The number of hydrogen-bond acceptors (Lipinski definition) is 6. The van der Waals surface area contributed by atoms with Crippen LogP contribution in [0.25, 0.3) is 5.76 Å².